The van der Waals surface area contributed by atoms with Crippen LogP contribution in [-0.2, 0) is 0 Å². The number of fused-ring (bicyclic) bond motifs is 1. The van der Waals surface area contributed by atoms with Gasteiger partial charge in [0.05, 0.1) is 11.9 Å². The molecule has 1 aromatic rings. The second-order valence-corrected chi connectivity index (χ2v) is 3.43. The van der Waals surface area contributed by atoms with Crippen molar-refractivity contribution in [3.05, 3.63) is 28.5 Å². The number of pyridine rings is 1. The third-order valence-corrected chi connectivity index (χ3v) is 2.12. The molecule has 0 amide bonds. The number of nitrogens with one attached hydrogen (secondary N) is 1. The summed E-state index contributed by atoms with van der Waals surface area (Å²) in [5.41, 5.74) is 2.30. The second kappa shape index (κ2) is 2.66. The van der Waals surface area contributed by atoms with Crippen molar-refractivity contribution in [3.8, 4) is 0 Å². The summed E-state index contributed by atoms with van der Waals surface area (Å²) >= 11 is 3.44. The summed E-state index contributed by atoms with van der Waals surface area (Å²) in [5.74, 6) is 0. The number of aromatic nitrogens is 1. The molecule has 1 aliphatic rings. The first-order chi connectivity index (χ1) is 5.36. The van der Waals surface area contributed by atoms with Gasteiger partial charge < -0.3 is 5.32 Å². The maximum atomic E-state index is 4.02. The molecule has 2 nitrogen and oxygen atoms in total. The molecule has 1 aliphatic heterocycles. The van der Waals surface area contributed by atoms with Crippen LogP contribution in [0.3, 0.4) is 0 Å². The molecule has 0 spiro atoms. The SMILES string of the molecule is BrC1=Cc2ccncc2NC1. The van der Waals surface area contributed by atoms with E-state index in [1.807, 2.05) is 12.3 Å². The molecule has 0 unspecified atom stereocenters. The van der Waals surface area contributed by atoms with E-state index in [-0.39, 0.29) is 0 Å². The molecule has 0 atom stereocenters. The Balaban J connectivity index is 2.51. The Bertz CT molecular complexity index is 307. The van der Waals surface area contributed by atoms with Gasteiger partial charge in [0.15, 0.2) is 0 Å². The van der Waals surface area contributed by atoms with E-state index in [1.165, 1.54) is 10.0 Å². The van der Waals surface area contributed by atoms with Crippen molar-refractivity contribution >= 4 is 27.7 Å². The fourth-order valence-corrected chi connectivity index (χ4v) is 1.47. The van der Waals surface area contributed by atoms with Crippen LogP contribution in [0.25, 0.3) is 6.08 Å². The van der Waals surface area contributed by atoms with Crippen LogP contribution in [0.1, 0.15) is 5.56 Å². The Morgan fingerprint density at radius 2 is 2.45 bits per heavy atom. The lowest BCUT2D eigenvalue weighted by Gasteiger charge is -2.13. The van der Waals surface area contributed by atoms with Crippen molar-refractivity contribution < 1.29 is 0 Å². The quantitative estimate of drug-likeness (QED) is 0.711. The molecule has 0 radical (unpaired) electrons. The van der Waals surface area contributed by atoms with Crippen LogP contribution in [0.15, 0.2) is 22.9 Å². The Morgan fingerprint density at radius 1 is 1.55 bits per heavy atom. The maximum absolute atomic E-state index is 4.02. The molecule has 0 fully saturated rings. The summed E-state index contributed by atoms with van der Waals surface area (Å²) in [4.78, 5) is 4.02. The zero-order chi connectivity index (χ0) is 7.68. The van der Waals surface area contributed by atoms with Gasteiger partial charge in [-0.3, -0.25) is 4.98 Å². The largest absolute Gasteiger partial charge is 0.379 e. The number of halogens is 1. The van der Waals surface area contributed by atoms with Crippen molar-refractivity contribution in [3.63, 3.8) is 0 Å². The Kier molecular flexibility index (Phi) is 1.66. The van der Waals surface area contributed by atoms with Crippen LogP contribution < -0.4 is 5.32 Å². The molecular formula is C8H7BrN2. The van der Waals surface area contributed by atoms with E-state index >= 15 is 0 Å². The van der Waals surface area contributed by atoms with E-state index in [0.29, 0.717) is 0 Å². The third-order valence-electron chi connectivity index (χ3n) is 1.61. The fourth-order valence-electron chi connectivity index (χ4n) is 1.08. The highest BCUT2D eigenvalue weighted by Gasteiger charge is 2.05. The van der Waals surface area contributed by atoms with E-state index in [4.69, 9.17) is 0 Å². The van der Waals surface area contributed by atoms with Crippen molar-refractivity contribution in [2.45, 2.75) is 0 Å². The molecule has 1 aromatic heterocycles. The highest BCUT2D eigenvalue weighted by molar-refractivity contribution is 9.11. The van der Waals surface area contributed by atoms with Gasteiger partial charge in [0.2, 0.25) is 0 Å². The van der Waals surface area contributed by atoms with Crippen molar-refractivity contribution in [2.24, 2.45) is 0 Å². The second-order valence-electron chi connectivity index (χ2n) is 2.41. The van der Waals surface area contributed by atoms with Crippen molar-refractivity contribution in [1.82, 2.24) is 4.98 Å². The van der Waals surface area contributed by atoms with Gasteiger partial charge in [-0.2, -0.15) is 0 Å². The molecule has 56 valence electrons. The number of hydrogen-bond acceptors (Lipinski definition) is 2. The maximum Gasteiger partial charge on any atom is 0.0603 e. The molecule has 1 N–H and O–H groups in total. The Labute approximate surface area is 73.5 Å². The Morgan fingerprint density at radius 3 is 3.36 bits per heavy atom. The fraction of sp³-hybridized carbons (Fsp3) is 0.125. The van der Waals surface area contributed by atoms with Crippen LogP contribution in [0.5, 0.6) is 0 Å². The Hall–Kier alpha value is -0.830. The van der Waals surface area contributed by atoms with Gasteiger partial charge in [-0.25, -0.2) is 0 Å². The summed E-state index contributed by atoms with van der Waals surface area (Å²) in [6.07, 6.45) is 5.74. The molecular weight excluding hydrogens is 204 g/mol. The lowest BCUT2D eigenvalue weighted by atomic mass is 10.1. The average molecular weight is 211 g/mol. The van der Waals surface area contributed by atoms with Gasteiger partial charge in [0.25, 0.3) is 0 Å². The first-order valence-corrected chi connectivity index (χ1v) is 4.19. The normalized spacial score (nSPS) is 14.8. The minimum atomic E-state index is 0.860. The van der Waals surface area contributed by atoms with Crippen molar-refractivity contribution in [2.75, 3.05) is 11.9 Å². The minimum absolute atomic E-state index is 0.860. The lowest BCUT2D eigenvalue weighted by Crippen LogP contribution is -2.07. The smallest absolute Gasteiger partial charge is 0.0603 e. The van der Waals surface area contributed by atoms with Crippen molar-refractivity contribution in [1.29, 1.82) is 0 Å². The van der Waals surface area contributed by atoms with Crippen LogP contribution in [0.2, 0.25) is 0 Å². The van der Waals surface area contributed by atoms with E-state index < -0.39 is 0 Å². The number of rotatable bonds is 0. The summed E-state index contributed by atoms with van der Waals surface area (Å²) in [5, 5.41) is 3.23. The van der Waals surface area contributed by atoms with E-state index in [2.05, 4.69) is 32.3 Å². The first kappa shape index (κ1) is 6.85. The molecule has 0 bridgehead atoms. The summed E-state index contributed by atoms with van der Waals surface area (Å²) in [7, 11) is 0. The number of anilines is 1. The molecule has 2 rings (SSSR count). The monoisotopic (exact) mass is 210 g/mol. The van der Waals surface area contributed by atoms with E-state index in [0.717, 1.165) is 12.2 Å². The molecule has 0 aliphatic carbocycles. The zero-order valence-corrected chi connectivity index (χ0v) is 7.43. The summed E-state index contributed by atoms with van der Waals surface area (Å²) < 4.78 is 1.18. The van der Waals surface area contributed by atoms with E-state index in [9.17, 15) is 0 Å². The molecule has 0 saturated carbocycles. The predicted molar refractivity (Wildman–Crippen MR) is 49.6 cm³/mol. The van der Waals surface area contributed by atoms with Gasteiger partial charge in [0, 0.05) is 22.8 Å². The van der Waals surface area contributed by atoms with Crippen LogP contribution in [-0.4, -0.2) is 11.5 Å². The minimum Gasteiger partial charge on any atom is -0.379 e. The average Bonchev–Trinajstić information content (AvgIpc) is 2.04. The predicted octanol–water partition coefficient (Wildman–Crippen LogP) is 2.24. The summed E-state index contributed by atoms with van der Waals surface area (Å²) in [6.45, 7) is 0.860. The van der Waals surface area contributed by atoms with Crippen LogP contribution in [0, 0.1) is 0 Å². The van der Waals surface area contributed by atoms with Gasteiger partial charge in [-0.1, -0.05) is 15.9 Å². The highest BCUT2D eigenvalue weighted by Crippen LogP contribution is 2.24. The lowest BCUT2D eigenvalue weighted by molar-refractivity contribution is 1.24. The zero-order valence-electron chi connectivity index (χ0n) is 5.84. The van der Waals surface area contributed by atoms with Gasteiger partial charge >= 0.3 is 0 Å². The van der Waals surface area contributed by atoms with E-state index in [1.54, 1.807) is 6.20 Å². The summed E-state index contributed by atoms with van der Waals surface area (Å²) in [6, 6.07) is 1.99. The van der Waals surface area contributed by atoms with Gasteiger partial charge in [-0.05, 0) is 12.1 Å². The molecule has 2 heterocycles. The number of hydrogen-bond donors (Lipinski definition) is 1. The van der Waals surface area contributed by atoms with Crippen LogP contribution >= 0.6 is 15.9 Å². The molecule has 0 aromatic carbocycles. The molecule has 0 saturated heterocycles. The van der Waals surface area contributed by atoms with Gasteiger partial charge in [-0.15, -0.1) is 0 Å². The topological polar surface area (TPSA) is 24.9 Å². The molecule has 3 heteroatoms. The number of nitrogens with zero attached hydrogens (tertiary/aromatic N) is 1. The molecule has 11 heavy (non-hydrogen) atoms. The third kappa shape index (κ3) is 1.28. The van der Waals surface area contributed by atoms with Gasteiger partial charge in [0.1, 0.15) is 0 Å². The standard InChI is InChI=1S/C8H7BrN2/c9-7-3-6-1-2-10-5-8(6)11-4-7/h1-3,5,11H,4H2. The first-order valence-electron chi connectivity index (χ1n) is 3.40. The van der Waals surface area contributed by atoms with Crippen LogP contribution in [0.4, 0.5) is 5.69 Å². The highest BCUT2D eigenvalue weighted by atomic mass is 79.9.